The second-order valence-electron chi connectivity index (χ2n) is 8.55. The molecule has 5 nitrogen and oxygen atoms in total. The van der Waals surface area contributed by atoms with Gasteiger partial charge in [0.2, 0.25) is 0 Å². The number of carboxylic acid groups (broad SMARTS) is 1. The van der Waals surface area contributed by atoms with Gasteiger partial charge in [-0.05, 0) is 55.2 Å². The van der Waals surface area contributed by atoms with Crippen molar-refractivity contribution in [3.05, 3.63) is 83.3 Å². The normalized spacial score (nSPS) is 15.5. The van der Waals surface area contributed by atoms with E-state index in [1.165, 1.54) is 23.0 Å². The summed E-state index contributed by atoms with van der Waals surface area (Å²) < 4.78 is 15.0. The Morgan fingerprint density at radius 2 is 1.94 bits per heavy atom. The molecule has 2 aromatic carbocycles. The summed E-state index contributed by atoms with van der Waals surface area (Å²) in [7, 11) is 0. The Kier molecular flexibility index (Phi) is 5.68. The molecule has 1 aliphatic rings. The van der Waals surface area contributed by atoms with E-state index in [-0.39, 0.29) is 23.7 Å². The second-order valence-corrected chi connectivity index (χ2v) is 9.52. The molecule has 1 aliphatic carbocycles. The van der Waals surface area contributed by atoms with Crippen molar-refractivity contribution in [2.24, 2.45) is 0 Å². The number of rotatable bonds is 8. The van der Waals surface area contributed by atoms with Gasteiger partial charge in [0.1, 0.15) is 21.2 Å². The van der Waals surface area contributed by atoms with Crippen LogP contribution in [0.15, 0.2) is 60.7 Å². The zero-order valence-corrected chi connectivity index (χ0v) is 19.0. The number of aliphatic carboxylic acids is 1. The summed E-state index contributed by atoms with van der Waals surface area (Å²) in [5.41, 5.74) is 4.31. The van der Waals surface area contributed by atoms with Gasteiger partial charge in [0, 0.05) is 23.6 Å². The maximum Gasteiger partial charge on any atom is 0.304 e. The van der Waals surface area contributed by atoms with Crippen LogP contribution in [0, 0.1) is 5.82 Å². The fourth-order valence-corrected chi connectivity index (χ4v) is 5.23. The number of nitrogens with one attached hydrogen (secondary N) is 1. The average molecular weight is 462 g/mol. The van der Waals surface area contributed by atoms with Crippen LogP contribution in [0.4, 0.5) is 4.39 Å². The summed E-state index contributed by atoms with van der Waals surface area (Å²) in [5, 5.41) is 12.5. The maximum atomic E-state index is 15.0. The SMILES string of the molecule is CC(NCCC(=O)O)c1ccc(-c2nc3ccc(C4(c5ccccc5)CC4)nc3s2)c(F)c1. The van der Waals surface area contributed by atoms with Gasteiger partial charge in [-0.1, -0.05) is 47.7 Å². The number of hydrogen-bond donors (Lipinski definition) is 2. The zero-order chi connectivity index (χ0) is 23.0. The maximum absolute atomic E-state index is 15.0. The number of thiazole rings is 1. The first-order valence-corrected chi connectivity index (χ1v) is 11.9. The van der Waals surface area contributed by atoms with Gasteiger partial charge in [-0.25, -0.2) is 14.4 Å². The van der Waals surface area contributed by atoms with Crippen molar-refractivity contribution >= 4 is 27.7 Å². The minimum absolute atomic E-state index is 0.0176. The van der Waals surface area contributed by atoms with Crippen LogP contribution in [0.3, 0.4) is 0 Å². The van der Waals surface area contributed by atoms with Gasteiger partial charge in [-0.15, -0.1) is 0 Å². The van der Waals surface area contributed by atoms with Crippen LogP contribution in [0.25, 0.3) is 20.9 Å². The minimum atomic E-state index is -0.861. The Hall–Kier alpha value is -3.16. The van der Waals surface area contributed by atoms with E-state index in [9.17, 15) is 9.18 Å². The van der Waals surface area contributed by atoms with Gasteiger partial charge in [0.15, 0.2) is 0 Å². The molecule has 5 rings (SSSR count). The Balaban J connectivity index is 1.40. The first-order valence-electron chi connectivity index (χ1n) is 11.0. The molecule has 0 aliphatic heterocycles. The van der Waals surface area contributed by atoms with E-state index in [4.69, 9.17) is 10.1 Å². The molecule has 1 fully saturated rings. The molecular formula is C26H24FN3O2S. The van der Waals surface area contributed by atoms with Gasteiger partial charge in [0.05, 0.1) is 12.1 Å². The Morgan fingerprint density at radius 3 is 2.64 bits per heavy atom. The van der Waals surface area contributed by atoms with Crippen molar-refractivity contribution in [2.45, 2.75) is 37.6 Å². The number of fused-ring (bicyclic) bond motifs is 1. The highest BCUT2D eigenvalue weighted by Gasteiger charge is 2.47. The third kappa shape index (κ3) is 4.26. The van der Waals surface area contributed by atoms with E-state index < -0.39 is 5.97 Å². The molecule has 1 unspecified atom stereocenters. The number of carbonyl (C=O) groups is 1. The minimum Gasteiger partial charge on any atom is -0.481 e. The van der Waals surface area contributed by atoms with Gasteiger partial charge >= 0.3 is 5.97 Å². The van der Waals surface area contributed by atoms with Crippen LogP contribution in [0.2, 0.25) is 0 Å². The fraction of sp³-hybridized carbons (Fsp3) is 0.269. The lowest BCUT2D eigenvalue weighted by atomic mass is 9.92. The fourth-order valence-electron chi connectivity index (χ4n) is 4.26. The Labute approximate surface area is 195 Å². The second kappa shape index (κ2) is 8.65. The molecule has 0 radical (unpaired) electrons. The summed E-state index contributed by atoms with van der Waals surface area (Å²) in [6, 6.07) is 19.4. The highest BCUT2D eigenvalue weighted by Crippen LogP contribution is 2.53. The van der Waals surface area contributed by atoms with Crippen LogP contribution in [-0.4, -0.2) is 27.6 Å². The number of hydrogen-bond acceptors (Lipinski definition) is 5. The van der Waals surface area contributed by atoms with Crippen LogP contribution < -0.4 is 5.32 Å². The van der Waals surface area contributed by atoms with Gasteiger partial charge in [0.25, 0.3) is 0 Å². The molecule has 7 heteroatoms. The molecule has 4 aromatic rings. The van der Waals surface area contributed by atoms with Crippen molar-refractivity contribution < 1.29 is 14.3 Å². The van der Waals surface area contributed by atoms with E-state index in [0.29, 0.717) is 17.1 Å². The Morgan fingerprint density at radius 1 is 1.15 bits per heavy atom. The molecule has 0 spiro atoms. The predicted molar refractivity (Wildman–Crippen MR) is 128 cm³/mol. The molecule has 0 bridgehead atoms. The van der Waals surface area contributed by atoms with E-state index in [2.05, 4.69) is 40.6 Å². The largest absolute Gasteiger partial charge is 0.481 e. The number of nitrogens with zero attached hydrogens (tertiary/aromatic N) is 2. The predicted octanol–water partition coefficient (Wildman–Crippen LogP) is 5.70. The van der Waals surface area contributed by atoms with Gasteiger partial charge in [-0.3, -0.25) is 4.79 Å². The molecule has 0 saturated heterocycles. The van der Waals surface area contributed by atoms with Crippen LogP contribution >= 0.6 is 11.3 Å². The molecule has 168 valence electrons. The van der Waals surface area contributed by atoms with Crippen molar-refractivity contribution in [2.75, 3.05) is 6.54 Å². The molecular weight excluding hydrogens is 437 g/mol. The number of benzene rings is 2. The van der Waals surface area contributed by atoms with Crippen molar-refractivity contribution in [1.82, 2.24) is 15.3 Å². The van der Waals surface area contributed by atoms with Crippen molar-refractivity contribution in [1.29, 1.82) is 0 Å². The number of pyridine rings is 1. The lowest BCUT2D eigenvalue weighted by Crippen LogP contribution is -2.22. The summed E-state index contributed by atoms with van der Waals surface area (Å²) in [6.45, 7) is 2.22. The Bertz CT molecular complexity index is 1320. The monoisotopic (exact) mass is 461 g/mol. The standard InChI is InChI=1S/C26H24FN3O2S/c1-16(28-14-11-23(31)32)17-7-8-19(20(27)15-17)24-29-21-9-10-22(30-25(21)33-24)26(12-13-26)18-5-3-2-4-6-18/h2-10,15-16,28H,11-14H2,1H3,(H,31,32). The topological polar surface area (TPSA) is 75.1 Å². The van der Waals surface area contributed by atoms with Crippen molar-refractivity contribution in [3.63, 3.8) is 0 Å². The zero-order valence-electron chi connectivity index (χ0n) is 18.2. The van der Waals surface area contributed by atoms with E-state index in [1.807, 2.05) is 25.1 Å². The quantitative estimate of drug-likeness (QED) is 0.352. The molecule has 0 amide bonds. The third-order valence-electron chi connectivity index (χ3n) is 6.34. The van der Waals surface area contributed by atoms with E-state index in [1.54, 1.807) is 6.07 Å². The summed E-state index contributed by atoms with van der Waals surface area (Å²) in [6.07, 6.45) is 2.18. The van der Waals surface area contributed by atoms with Gasteiger partial charge < -0.3 is 10.4 Å². The van der Waals surface area contributed by atoms with Gasteiger partial charge in [-0.2, -0.15) is 0 Å². The van der Waals surface area contributed by atoms with E-state index in [0.717, 1.165) is 34.4 Å². The number of carboxylic acids is 1. The summed E-state index contributed by atoms with van der Waals surface area (Å²) in [5.74, 6) is -1.21. The number of aromatic nitrogens is 2. The highest BCUT2D eigenvalue weighted by atomic mass is 32.1. The van der Waals surface area contributed by atoms with E-state index >= 15 is 0 Å². The van der Waals surface area contributed by atoms with Crippen LogP contribution in [0.5, 0.6) is 0 Å². The lowest BCUT2D eigenvalue weighted by Gasteiger charge is -2.14. The smallest absolute Gasteiger partial charge is 0.304 e. The summed E-state index contributed by atoms with van der Waals surface area (Å²) in [4.78, 5) is 21.1. The number of halogens is 1. The molecule has 2 aromatic heterocycles. The summed E-state index contributed by atoms with van der Waals surface area (Å²) >= 11 is 1.41. The molecule has 1 atom stereocenters. The first-order chi connectivity index (χ1) is 16.0. The highest BCUT2D eigenvalue weighted by molar-refractivity contribution is 7.21. The molecule has 2 N–H and O–H groups in total. The average Bonchev–Trinajstić information content (AvgIpc) is 3.52. The molecule has 33 heavy (non-hydrogen) atoms. The van der Waals surface area contributed by atoms with Crippen LogP contribution in [0.1, 0.15) is 49.0 Å². The molecule has 2 heterocycles. The lowest BCUT2D eigenvalue weighted by molar-refractivity contribution is -0.136. The molecule has 1 saturated carbocycles. The first kappa shape index (κ1) is 21.7. The van der Waals surface area contributed by atoms with Crippen LogP contribution in [-0.2, 0) is 10.2 Å². The third-order valence-corrected chi connectivity index (χ3v) is 7.33. The van der Waals surface area contributed by atoms with Crippen molar-refractivity contribution in [3.8, 4) is 10.6 Å².